The van der Waals surface area contributed by atoms with Crippen LogP contribution in [0.3, 0.4) is 0 Å². The number of rotatable bonds is 12. The normalized spacial score (nSPS) is 18.0. The van der Waals surface area contributed by atoms with Crippen molar-refractivity contribution in [2.75, 3.05) is 6.61 Å². The maximum atomic E-state index is 13.3. The van der Waals surface area contributed by atoms with Crippen molar-refractivity contribution in [1.29, 1.82) is 0 Å². The van der Waals surface area contributed by atoms with Gasteiger partial charge in [0, 0.05) is 12.3 Å². The van der Waals surface area contributed by atoms with Gasteiger partial charge in [0.05, 0.1) is 12.2 Å². The van der Waals surface area contributed by atoms with Crippen molar-refractivity contribution in [2.45, 2.75) is 70.6 Å². The first-order valence-electron chi connectivity index (χ1n) is 14.1. The van der Waals surface area contributed by atoms with Crippen molar-refractivity contribution in [3.63, 3.8) is 0 Å². The molecule has 0 radical (unpaired) electrons. The van der Waals surface area contributed by atoms with Crippen LogP contribution in [-0.2, 0) is 17.6 Å². The Morgan fingerprint density at radius 3 is 2.26 bits per heavy atom. The van der Waals surface area contributed by atoms with E-state index in [9.17, 15) is 9.59 Å². The molecule has 0 spiro atoms. The minimum atomic E-state index is -0.904. The molecule has 0 bridgehead atoms. The zero-order valence-corrected chi connectivity index (χ0v) is 22.5. The second-order valence-electron chi connectivity index (χ2n) is 10.8. The minimum absolute atomic E-state index is 0.0877. The average Bonchev–Trinajstić information content (AvgIpc) is 2.92. The highest BCUT2D eigenvalue weighted by molar-refractivity contribution is 5.87. The summed E-state index contributed by atoms with van der Waals surface area (Å²) >= 11 is 0. The average molecular weight is 513 g/mol. The van der Waals surface area contributed by atoms with Gasteiger partial charge < -0.3 is 9.84 Å². The molecular weight excluding hydrogens is 472 g/mol. The van der Waals surface area contributed by atoms with E-state index in [1.54, 1.807) is 12.1 Å². The van der Waals surface area contributed by atoms with Gasteiger partial charge in [-0.3, -0.25) is 4.79 Å². The number of carbonyl (C=O) groups is 2. The van der Waals surface area contributed by atoms with Crippen LogP contribution in [0.4, 0.5) is 0 Å². The number of carboxylic acid groups (broad SMARTS) is 1. The zero-order chi connectivity index (χ0) is 26.7. The molecular formula is C34H40O4. The van der Waals surface area contributed by atoms with E-state index in [0.717, 1.165) is 69.3 Å². The van der Waals surface area contributed by atoms with E-state index in [1.165, 1.54) is 11.1 Å². The largest absolute Gasteiger partial charge is 0.494 e. The summed E-state index contributed by atoms with van der Waals surface area (Å²) < 4.78 is 5.91. The van der Waals surface area contributed by atoms with Crippen molar-refractivity contribution < 1.29 is 19.4 Å². The van der Waals surface area contributed by atoms with Crippen molar-refractivity contribution in [1.82, 2.24) is 0 Å². The highest BCUT2D eigenvalue weighted by Crippen LogP contribution is 2.31. The van der Waals surface area contributed by atoms with Crippen molar-refractivity contribution in [3.8, 4) is 5.75 Å². The summed E-state index contributed by atoms with van der Waals surface area (Å²) in [5, 5.41) is 9.11. The Balaban J connectivity index is 1.28. The fourth-order valence-corrected chi connectivity index (χ4v) is 5.68. The summed E-state index contributed by atoms with van der Waals surface area (Å²) in [5.41, 5.74) is 4.17. The molecule has 0 aromatic heterocycles. The first-order chi connectivity index (χ1) is 18.5. The first-order valence-corrected chi connectivity index (χ1v) is 14.1. The standard InChI is InChI=1S/C34H40O4/c1-25(27-18-20-28(21-19-27)34(36)37)9-7-15-33(35)31-17-16-26(23-29-11-5-6-12-30(29)24-31)10-8-22-38-32-13-3-2-4-14-32/h2-6,11-14,18-21,25-26,31H,7-10,15-17,22-24H2,1H3,(H,36,37). The molecule has 3 aromatic carbocycles. The van der Waals surface area contributed by atoms with Crippen LogP contribution in [0.2, 0.25) is 0 Å². The number of aromatic carboxylic acids is 1. The van der Waals surface area contributed by atoms with Gasteiger partial charge in [0.15, 0.2) is 0 Å². The predicted molar refractivity (Wildman–Crippen MR) is 152 cm³/mol. The number of fused-ring (bicyclic) bond motifs is 1. The Labute approximate surface area is 227 Å². The molecule has 4 rings (SSSR count). The second kappa shape index (κ2) is 13.9. The fraction of sp³-hybridized carbons (Fsp3) is 0.412. The van der Waals surface area contributed by atoms with E-state index in [-0.39, 0.29) is 5.92 Å². The lowest BCUT2D eigenvalue weighted by atomic mass is 9.78. The van der Waals surface area contributed by atoms with Crippen LogP contribution < -0.4 is 4.74 Å². The molecule has 1 aliphatic carbocycles. The number of ketones is 1. The Bertz CT molecular complexity index is 1170. The third-order valence-corrected chi connectivity index (χ3v) is 8.03. The van der Waals surface area contributed by atoms with E-state index in [0.29, 0.717) is 29.6 Å². The molecule has 1 N–H and O–H groups in total. The van der Waals surface area contributed by atoms with Crippen LogP contribution in [0.1, 0.15) is 84.8 Å². The molecule has 4 nitrogen and oxygen atoms in total. The summed E-state index contributed by atoms with van der Waals surface area (Å²) in [7, 11) is 0. The summed E-state index contributed by atoms with van der Waals surface area (Å²) in [6, 6.07) is 25.8. The molecule has 200 valence electrons. The van der Waals surface area contributed by atoms with E-state index in [4.69, 9.17) is 9.84 Å². The van der Waals surface area contributed by atoms with Gasteiger partial charge in [0.1, 0.15) is 11.5 Å². The van der Waals surface area contributed by atoms with Gasteiger partial charge in [-0.15, -0.1) is 0 Å². The lowest BCUT2D eigenvalue weighted by Crippen LogP contribution is -2.23. The highest BCUT2D eigenvalue weighted by Gasteiger charge is 2.25. The maximum absolute atomic E-state index is 13.3. The molecule has 0 saturated heterocycles. The molecule has 0 aliphatic heterocycles. The summed E-state index contributed by atoms with van der Waals surface area (Å²) in [6.07, 6.45) is 8.51. The lowest BCUT2D eigenvalue weighted by molar-refractivity contribution is -0.123. The molecule has 3 atom stereocenters. The molecule has 0 amide bonds. The number of hydrogen-bond acceptors (Lipinski definition) is 3. The molecule has 3 aromatic rings. The molecule has 3 unspecified atom stereocenters. The lowest BCUT2D eigenvalue weighted by Gasteiger charge is -2.26. The van der Waals surface area contributed by atoms with Gasteiger partial charge in [-0.1, -0.05) is 61.5 Å². The minimum Gasteiger partial charge on any atom is -0.494 e. The molecule has 0 saturated carbocycles. The maximum Gasteiger partial charge on any atom is 0.335 e. The van der Waals surface area contributed by atoms with Gasteiger partial charge in [-0.05, 0) is 104 Å². The zero-order valence-electron chi connectivity index (χ0n) is 22.5. The van der Waals surface area contributed by atoms with Gasteiger partial charge in [0.2, 0.25) is 0 Å². The Hall–Kier alpha value is -3.40. The Morgan fingerprint density at radius 2 is 1.55 bits per heavy atom. The molecule has 0 fully saturated rings. The fourth-order valence-electron chi connectivity index (χ4n) is 5.68. The van der Waals surface area contributed by atoms with Crippen LogP contribution in [0.15, 0.2) is 78.9 Å². The highest BCUT2D eigenvalue weighted by atomic mass is 16.5. The summed E-state index contributed by atoms with van der Waals surface area (Å²) in [5.74, 6) is 1.36. The van der Waals surface area contributed by atoms with Crippen molar-refractivity contribution in [3.05, 3.63) is 101 Å². The van der Waals surface area contributed by atoms with Gasteiger partial charge >= 0.3 is 5.97 Å². The van der Waals surface area contributed by atoms with Crippen LogP contribution >= 0.6 is 0 Å². The number of hydrogen-bond donors (Lipinski definition) is 1. The Kier molecular flexibility index (Phi) is 10.1. The SMILES string of the molecule is CC(CCCC(=O)C1CCC(CCCOc2ccccc2)Cc2ccccc2C1)c1ccc(C(=O)O)cc1. The van der Waals surface area contributed by atoms with E-state index in [2.05, 4.69) is 31.2 Å². The van der Waals surface area contributed by atoms with E-state index in [1.807, 2.05) is 42.5 Å². The van der Waals surface area contributed by atoms with E-state index >= 15 is 0 Å². The Morgan fingerprint density at radius 1 is 0.868 bits per heavy atom. The number of carboxylic acids is 1. The number of benzene rings is 3. The molecule has 38 heavy (non-hydrogen) atoms. The molecule has 1 aliphatic rings. The quantitative estimate of drug-likeness (QED) is 0.251. The van der Waals surface area contributed by atoms with E-state index < -0.39 is 5.97 Å². The second-order valence-corrected chi connectivity index (χ2v) is 10.8. The van der Waals surface area contributed by atoms with Gasteiger partial charge in [-0.2, -0.15) is 0 Å². The molecule has 4 heteroatoms. The smallest absolute Gasteiger partial charge is 0.335 e. The number of carbonyl (C=O) groups excluding carboxylic acids is 1. The predicted octanol–water partition coefficient (Wildman–Crippen LogP) is 7.90. The monoisotopic (exact) mass is 512 g/mol. The van der Waals surface area contributed by atoms with Gasteiger partial charge in [0.25, 0.3) is 0 Å². The van der Waals surface area contributed by atoms with Crippen LogP contribution in [0.5, 0.6) is 5.75 Å². The first kappa shape index (κ1) is 27.6. The number of ether oxygens (including phenoxy) is 1. The van der Waals surface area contributed by atoms with Crippen LogP contribution in [-0.4, -0.2) is 23.5 Å². The summed E-state index contributed by atoms with van der Waals surface area (Å²) in [4.78, 5) is 24.4. The number of Topliss-reactive ketones (excluding diaryl/α,β-unsaturated/α-hetero) is 1. The number of para-hydroxylation sites is 1. The molecule has 0 heterocycles. The third kappa shape index (κ3) is 8.05. The summed E-state index contributed by atoms with van der Waals surface area (Å²) in [6.45, 7) is 2.88. The van der Waals surface area contributed by atoms with Crippen molar-refractivity contribution >= 4 is 11.8 Å². The van der Waals surface area contributed by atoms with Crippen LogP contribution in [0, 0.1) is 11.8 Å². The third-order valence-electron chi connectivity index (χ3n) is 8.03. The van der Waals surface area contributed by atoms with Crippen LogP contribution in [0.25, 0.3) is 0 Å². The van der Waals surface area contributed by atoms with Gasteiger partial charge in [-0.25, -0.2) is 4.79 Å². The van der Waals surface area contributed by atoms with Crippen molar-refractivity contribution in [2.24, 2.45) is 11.8 Å². The topological polar surface area (TPSA) is 63.6 Å².